The molecule has 0 fully saturated rings. The Kier molecular flexibility index (Phi) is 6.61. The zero-order valence-electron chi connectivity index (χ0n) is 16.8. The molecule has 0 saturated heterocycles. The van der Waals surface area contributed by atoms with Gasteiger partial charge >= 0.3 is 6.18 Å². The average Bonchev–Trinajstić information content (AvgIpc) is 2.71. The van der Waals surface area contributed by atoms with E-state index < -0.39 is 11.7 Å². The number of anilines is 1. The van der Waals surface area contributed by atoms with E-state index in [1.54, 1.807) is 32.2 Å². The molecule has 6 nitrogen and oxygen atoms in total. The number of benzene rings is 2. The van der Waals surface area contributed by atoms with Gasteiger partial charge in [0, 0.05) is 25.1 Å². The minimum atomic E-state index is -4.39. The van der Waals surface area contributed by atoms with Crippen LogP contribution in [0.4, 0.5) is 19.0 Å². The maximum atomic E-state index is 13.0. The van der Waals surface area contributed by atoms with Crippen LogP contribution >= 0.6 is 0 Å². The molecule has 1 aromatic heterocycles. The molecule has 0 aliphatic rings. The van der Waals surface area contributed by atoms with E-state index in [1.807, 2.05) is 0 Å². The lowest BCUT2D eigenvalue weighted by Crippen LogP contribution is -2.08. The number of ether oxygens (including phenoxy) is 3. The third kappa shape index (κ3) is 5.10. The van der Waals surface area contributed by atoms with E-state index in [4.69, 9.17) is 14.2 Å². The second-order valence-electron chi connectivity index (χ2n) is 6.53. The first-order valence-electron chi connectivity index (χ1n) is 9.20. The Morgan fingerprint density at radius 2 is 1.80 bits per heavy atom. The largest absolute Gasteiger partial charge is 0.493 e. The Morgan fingerprint density at radius 3 is 2.50 bits per heavy atom. The van der Waals surface area contributed by atoms with Crippen LogP contribution in [-0.4, -0.2) is 37.4 Å². The number of rotatable bonds is 8. The van der Waals surface area contributed by atoms with E-state index in [2.05, 4.69) is 15.3 Å². The van der Waals surface area contributed by atoms with Crippen LogP contribution in [0.2, 0.25) is 0 Å². The molecular weight excluding hydrogens is 399 g/mol. The predicted molar refractivity (Wildman–Crippen MR) is 107 cm³/mol. The van der Waals surface area contributed by atoms with Gasteiger partial charge in [-0.15, -0.1) is 0 Å². The fraction of sp³-hybridized carbons (Fsp3) is 0.333. The molecule has 0 atom stereocenters. The van der Waals surface area contributed by atoms with Gasteiger partial charge in [-0.3, -0.25) is 0 Å². The van der Waals surface area contributed by atoms with Gasteiger partial charge < -0.3 is 19.5 Å². The highest BCUT2D eigenvalue weighted by Gasteiger charge is 2.30. The van der Waals surface area contributed by atoms with Crippen LogP contribution in [-0.2, 0) is 17.5 Å². The van der Waals surface area contributed by atoms with Crippen LogP contribution in [0.1, 0.15) is 17.0 Å². The number of nitrogens with zero attached hydrogens (tertiary/aromatic N) is 2. The summed E-state index contributed by atoms with van der Waals surface area (Å²) in [5.41, 5.74) is 0.424. The standard InChI is InChI=1S/C21H22F3N3O3/c1-13-26-17-11-18(29-3)19(30-8-7-28-2)10-16(17)20(27-13)25-12-14-5-4-6-15(9-14)21(22,23)24/h4-6,9-11H,7-8,12H2,1-3H3,(H,25,26,27). The summed E-state index contributed by atoms with van der Waals surface area (Å²) in [7, 11) is 3.11. The molecule has 2 aromatic carbocycles. The maximum absolute atomic E-state index is 13.0. The number of hydrogen-bond donors (Lipinski definition) is 1. The smallest absolute Gasteiger partial charge is 0.416 e. The van der Waals surface area contributed by atoms with E-state index in [1.165, 1.54) is 13.2 Å². The summed E-state index contributed by atoms with van der Waals surface area (Å²) in [4.78, 5) is 8.84. The first-order chi connectivity index (χ1) is 14.3. The van der Waals surface area contributed by atoms with Crippen molar-refractivity contribution in [2.75, 3.05) is 32.8 Å². The molecule has 3 rings (SSSR count). The minimum absolute atomic E-state index is 0.168. The molecule has 30 heavy (non-hydrogen) atoms. The second-order valence-corrected chi connectivity index (χ2v) is 6.53. The Bertz CT molecular complexity index is 1030. The number of nitrogens with one attached hydrogen (secondary N) is 1. The van der Waals surface area contributed by atoms with Crippen LogP contribution < -0.4 is 14.8 Å². The quantitative estimate of drug-likeness (QED) is 0.536. The van der Waals surface area contributed by atoms with E-state index in [9.17, 15) is 13.2 Å². The van der Waals surface area contributed by atoms with Gasteiger partial charge in [0.15, 0.2) is 11.5 Å². The Labute approximate surface area is 172 Å². The number of methoxy groups -OCH3 is 2. The van der Waals surface area contributed by atoms with Gasteiger partial charge in [-0.1, -0.05) is 12.1 Å². The fourth-order valence-corrected chi connectivity index (χ4v) is 2.94. The number of alkyl halides is 3. The number of hydrogen-bond acceptors (Lipinski definition) is 6. The molecule has 0 spiro atoms. The van der Waals surface area contributed by atoms with Crippen molar-refractivity contribution in [3.8, 4) is 11.5 Å². The van der Waals surface area contributed by atoms with Crippen LogP contribution in [0.5, 0.6) is 11.5 Å². The van der Waals surface area contributed by atoms with Crippen molar-refractivity contribution in [1.29, 1.82) is 0 Å². The van der Waals surface area contributed by atoms with Gasteiger partial charge in [-0.2, -0.15) is 13.2 Å². The lowest BCUT2D eigenvalue weighted by molar-refractivity contribution is -0.137. The highest BCUT2D eigenvalue weighted by atomic mass is 19.4. The molecule has 1 N–H and O–H groups in total. The SMILES string of the molecule is COCCOc1cc2c(NCc3cccc(C(F)(F)F)c3)nc(C)nc2cc1OC. The average molecular weight is 421 g/mol. The van der Waals surface area contributed by atoms with Gasteiger partial charge in [-0.25, -0.2) is 9.97 Å². The summed E-state index contributed by atoms with van der Waals surface area (Å²) in [5, 5.41) is 3.78. The van der Waals surface area contributed by atoms with Gasteiger partial charge in [0.25, 0.3) is 0 Å². The van der Waals surface area contributed by atoms with Crippen molar-refractivity contribution in [3.05, 3.63) is 53.3 Å². The molecule has 0 aliphatic heterocycles. The van der Waals surface area contributed by atoms with E-state index in [0.29, 0.717) is 52.8 Å². The molecule has 3 aromatic rings. The summed E-state index contributed by atoms with van der Waals surface area (Å²) in [6.07, 6.45) is -4.39. The van der Waals surface area contributed by atoms with Crippen molar-refractivity contribution in [2.45, 2.75) is 19.6 Å². The maximum Gasteiger partial charge on any atom is 0.416 e. The highest BCUT2D eigenvalue weighted by Crippen LogP contribution is 2.35. The molecular formula is C21H22F3N3O3. The van der Waals surface area contributed by atoms with Gasteiger partial charge in [0.2, 0.25) is 0 Å². The van der Waals surface area contributed by atoms with E-state index >= 15 is 0 Å². The van der Waals surface area contributed by atoms with Crippen molar-refractivity contribution < 1.29 is 27.4 Å². The summed E-state index contributed by atoms with van der Waals surface area (Å²) in [5.74, 6) is 2.02. The predicted octanol–water partition coefficient (Wildman–Crippen LogP) is 4.60. The van der Waals surface area contributed by atoms with Crippen LogP contribution in [0.25, 0.3) is 10.9 Å². The molecule has 0 bridgehead atoms. The molecule has 0 aliphatic carbocycles. The fourth-order valence-electron chi connectivity index (χ4n) is 2.94. The topological polar surface area (TPSA) is 65.5 Å². The Morgan fingerprint density at radius 1 is 1.00 bits per heavy atom. The van der Waals surface area contributed by atoms with E-state index in [0.717, 1.165) is 12.1 Å². The second kappa shape index (κ2) is 9.17. The third-order valence-electron chi connectivity index (χ3n) is 4.35. The molecule has 0 unspecified atom stereocenters. The number of fused-ring (bicyclic) bond motifs is 1. The van der Waals surface area contributed by atoms with Crippen molar-refractivity contribution in [1.82, 2.24) is 9.97 Å². The first kappa shape index (κ1) is 21.6. The minimum Gasteiger partial charge on any atom is -0.493 e. The number of aromatic nitrogens is 2. The third-order valence-corrected chi connectivity index (χ3v) is 4.35. The Hall–Kier alpha value is -3.07. The number of halogens is 3. The van der Waals surface area contributed by atoms with Gasteiger partial charge in [-0.05, 0) is 30.7 Å². The molecule has 0 amide bonds. The Balaban J connectivity index is 1.92. The number of aryl methyl sites for hydroxylation is 1. The summed E-state index contributed by atoms with van der Waals surface area (Å²) in [6.45, 7) is 2.65. The summed E-state index contributed by atoms with van der Waals surface area (Å²) < 4.78 is 55.0. The van der Waals surface area contributed by atoms with Gasteiger partial charge in [0.1, 0.15) is 18.2 Å². The lowest BCUT2D eigenvalue weighted by atomic mass is 10.1. The van der Waals surface area contributed by atoms with Crippen molar-refractivity contribution in [2.24, 2.45) is 0 Å². The molecule has 0 saturated carbocycles. The monoisotopic (exact) mass is 421 g/mol. The molecule has 1 heterocycles. The molecule has 160 valence electrons. The van der Waals surface area contributed by atoms with Crippen molar-refractivity contribution >= 4 is 16.7 Å². The first-order valence-corrected chi connectivity index (χ1v) is 9.20. The van der Waals surface area contributed by atoms with Crippen LogP contribution in [0.15, 0.2) is 36.4 Å². The van der Waals surface area contributed by atoms with E-state index in [-0.39, 0.29) is 6.54 Å². The zero-order valence-corrected chi connectivity index (χ0v) is 16.8. The lowest BCUT2D eigenvalue weighted by Gasteiger charge is -2.15. The van der Waals surface area contributed by atoms with Crippen LogP contribution in [0, 0.1) is 6.92 Å². The van der Waals surface area contributed by atoms with Crippen LogP contribution in [0.3, 0.4) is 0 Å². The highest BCUT2D eigenvalue weighted by molar-refractivity contribution is 5.91. The summed E-state index contributed by atoms with van der Waals surface area (Å²) >= 11 is 0. The zero-order chi connectivity index (χ0) is 21.7. The summed E-state index contributed by atoms with van der Waals surface area (Å²) in [6, 6.07) is 8.66. The molecule has 0 radical (unpaired) electrons. The van der Waals surface area contributed by atoms with Gasteiger partial charge in [0.05, 0.1) is 24.8 Å². The normalized spacial score (nSPS) is 11.5. The van der Waals surface area contributed by atoms with Crippen molar-refractivity contribution in [3.63, 3.8) is 0 Å². The molecule has 9 heteroatoms.